The molecule has 0 aliphatic carbocycles. The van der Waals surface area contributed by atoms with Crippen molar-refractivity contribution in [3.05, 3.63) is 26.7 Å². The van der Waals surface area contributed by atoms with Crippen LogP contribution in [0.15, 0.2) is 9.59 Å². The minimum absolute atomic E-state index is 0.172. The van der Waals surface area contributed by atoms with Crippen LogP contribution in [0, 0.1) is 0 Å². The molecule has 3 heterocycles. The second-order valence-corrected chi connectivity index (χ2v) is 5.65. The Morgan fingerprint density at radius 1 is 1.24 bits per heavy atom. The average Bonchev–Trinajstić information content (AvgIpc) is 2.79. The minimum Gasteiger partial charge on any atom is -0.373 e. The van der Waals surface area contributed by atoms with Crippen molar-refractivity contribution in [2.75, 3.05) is 13.1 Å². The van der Waals surface area contributed by atoms with Gasteiger partial charge in [0.05, 0.1) is 18.8 Å². The summed E-state index contributed by atoms with van der Waals surface area (Å²) in [7, 11) is 1.59. The number of hydrogen-bond acceptors (Lipinski definition) is 5. The highest BCUT2D eigenvalue weighted by Crippen LogP contribution is 2.13. The van der Waals surface area contributed by atoms with Gasteiger partial charge in [0.2, 0.25) is 0 Å². The van der Waals surface area contributed by atoms with Crippen LogP contribution in [-0.4, -0.2) is 49.7 Å². The minimum atomic E-state index is -0.459. The maximum absolute atomic E-state index is 11.8. The molecule has 8 nitrogen and oxygen atoms in total. The molecular formula is C13H19N5O3. The van der Waals surface area contributed by atoms with Crippen molar-refractivity contribution < 1.29 is 4.74 Å². The van der Waals surface area contributed by atoms with Gasteiger partial charge in [0.25, 0.3) is 5.56 Å². The first-order valence-electron chi connectivity index (χ1n) is 6.99. The molecule has 114 valence electrons. The molecule has 3 rings (SSSR count). The molecule has 0 spiro atoms. The van der Waals surface area contributed by atoms with Gasteiger partial charge in [-0.05, 0) is 13.8 Å². The van der Waals surface area contributed by atoms with Crippen LogP contribution in [0.2, 0.25) is 0 Å². The molecule has 1 saturated heterocycles. The van der Waals surface area contributed by atoms with E-state index < -0.39 is 11.2 Å². The Bertz CT molecular complexity index is 764. The van der Waals surface area contributed by atoms with E-state index in [4.69, 9.17) is 4.74 Å². The number of aromatic amines is 2. The van der Waals surface area contributed by atoms with E-state index in [-0.39, 0.29) is 12.2 Å². The van der Waals surface area contributed by atoms with Gasteiger partial charge in [-0.25, -0.2) is 9.78 Å². The normalized spacial score (nSPS) is 23.8. The molecule has 1 aliphatic heterocycles. The summed E-state index contributed by atoms with van der Waals surface area (Å²) in [6.07, 6.45) is 0.344. The number of aryl methyl sites for hydroxylation is 1. The molecule has 0 aromatic carbocycles. The maximum Gasteiger partial charge on any atom is 0.329 e. The SMILES string of the molecule is CC1CN(Cc2nc3c([nH]2)c(=O)[nH]c(=O)n3C)CC(C)O1. The summed E-state index contributed by atoms with van der Waals surface area (Å²) in [5.74, 6) is 0.679. The third kappa shape index (κ3) is 2.64. The van der Waals surface area contributed by atoms with Gasteiger partial charge in [0, 0.05) is 20.1 Å². The van der Waals surface area contributed by atoms with Gasteiger partial charge in [-0.1, -0.05) is 0 Å². The largest absolute Gasteiger partial charge is 0.373 e. The Labute approximate surface area is 120 Å². The summed E-state index contributed by atoms with van der Waals surface area (Å²) in [4.78, 5) is 35.2. The fourth-order valence-corrected chi connectivity index (χ4v) is 2.85. The van der Waals surface area contributed by atoms with Crippen molar-refractivity contribution in [2.24, 2.45) is 7.05 Å². The van der Waals surface area contributed by atoms with Crippen LogP contribution in [0.5, 0.6) is 0 Å². The number of ether oxygens (including phenoxy) is 1. The van der Waals surface area contributed by atoms with Crippen LogP contribution in [-0.2, 0) is 18.3 Å². The van der Waals surface area contributed by atoms with Gasteiger partial charge in [-0.15, -0.1) is 0 Å². The number of H-pyrrole nitrogens is 2. The number of aromatic nitrogens is 4. The summed E-state index contributed by atoms with van der Waals surface area (Å²) < 4.78 is 7.03. The number of imidazole rings is 1. The lowest BCUT2D eigenvalue weighted by molar-refractivity contribution is -0.0710. The van der Waals surface area contributed by atoms with E-state index in [2.05, 4.69) is 19.9 Å². The van der Waals surface area contributed by atoms with Gasteiger partial charge >= 0.3 is 5.69 Å². The molecule has 1 aliphatic rings. The molecule has 0 radical (unpaired) electrons. The first kappa shape index (κ1) is 14.0. The van der Waals surface area contributed by atoms with Crippen LogP contribution in [0.1, 0.15) is 19.7 Å². The van der Waals surface area contributed by atoms with Crippen LogP contribution in [0.3, 0.4) is 0 Å². The number of hydrogen-bond donors (Lipinski definition) is 2. The van der Waals surface area contributed by atoms with Gasteiger partial charge < -0.3 is 9.72 Å². The lowest BCUT2D eigenvalue weighted by Crippen LogP contribution is -2.45. The molecular weight excluding hydrogens is 274 g/mol. The van der Waals surface area contributed by atoms with Crippen LogP contribution in [0.25, 0.3) is 11.2 Å². The molecule has 8 heteroatoms. The number of fused-ring (bicyclic) bond motifs is 1. The lowest BCUT2D eigenvalue weighted by atomic mass is 10.2. The second-order valence-electron chi connectivity index (χ2n) is 5.65. The molecule has 21 heavy (non-hydrogen) atoms. The van der Waals surface area contributed by atoms with E-state index >= 15 is 0 Å². The first-order valence-corrected chi connectivity index (χ1v) is 6.99. The van der Waals surface area contributed by atoms with E-state index in [0.29, 0.717) is 23.5 Å². The van der Waals surface area contributed by atoms with Crippen molar-refractivity contribution >= 4 is 11.2 Å². The van der Waals surface area contributed by atoms with Crippen LogP contribution < -0.4 is 11.2 Å². The predicted molar refractivity (Wildman–Crippen MR) is 77.2 cm³/mol. The van der Waals surface area contributed by atoms with E-state index in [1.165, 1.54) is 4.57 Å². The Balaban J connectivity index is 1.92. The van der Waals surface area contributed by atoms with Crippen LogP contribution >= 0.6 is 0 Å². The van der Waals surface area contributed by atoms with Gasteiger partial charge in [0.1, 0.15) is 11.3 Å². The van der Waals surface area contributed by atoms with E-state index in [1.807, 2.05) is 13.8 Å². The third-order valence-electron chi connectivity index (χ3n) is 3.67. The highest BCUT2D eigenvalue weighted by Gasteiger charge is 2.23. The molecule has 1 fully saturated rings. The smallest absolute Gasteiger partial charge is 0.329 e. The van der Waals surface area contributed by atoms with E-state index in [1.54, 1.807) is 7.05 Å². The standard InChI is InChI=1S/C13H19N5O3/c1-7-4-18(5-8(2)21-7)6-9-14-10-11(15-9)17(3)13(20)16-12(10)19/h7-8H,4-6H2,1-3H3,(H,14,15)(H,16,19,20). The zero-order valence-electron chi connectivity index (χ0n) is 12.3. The highest BCUT2D eigenvalue weighted by molar-refractivity contribution is 5.69. The first-order chi connectivity index (χ1) is 9.94. The Morgan fingerprint density at radius 2 is 1.90 bits per heavy atom. The van der Waals surface area contributed by atoms with Crippen molar-refractivity contribution in [2.45, 2.75) is 32.6 Å². The number of nitrogens with zero attached hydrogens (tertiary/aromatic N) is 3. The molecule has 0 amide bonds. The fourth-order valence-electron chi connectivity index (χ4n) is 2.85. The van der Waals surface area contributed by atoms with Crippen molar-refractivity contribution in [1.29, 1.82) is 0 Å². The summed E-state index contributed by atoms with van der Waals surface area (Å²) in [6.45, 7) is 6.30. The number of rotatable bonds is 2. The summed E-state index contributed by atoms with van der Waals surface area (Å²) in [6, 6.07) is 0. The number of nitrogens with one attached hydrogen (secondary N) is 2. The lowest BCUT2D eigenvalue weighted by Gasteiger charge is -2.34. The van der Waals surface area contributed by atoms with Crippen molar-refractivity contribution in [3.8, 4) is 0 Å². The van der Waals surface area contributed by atoms with Crippen molar-refractivity contribution in [1.82, 2.24) is 24.4 Å². The molecule has 2 atom stereocenters. The second kappa shape index (κ2) is 5.12. The summed E-state index contributed by atoms with van der Waals surface area (Å²) >= 11 is 0. The fraction of sp³-hybridized carbons (Fsp3) is 0.615. The van der Waals surface area contributed by atoms with E-state index in [0.717, 1.165) is 13.1 Å². The van der Waals surface area contributed by atoms with Gasteiger partial charge in [-0.2, -0.15) is 0 Å². The third-order valence-corrected chi connectivity index (χ3v) is 3.67. The number of morpholine rings is 1. The van der Waals surface area contributed by atoms with Crippen molar-refractivity contribution in [3.63, 3.8) is 0 Å². The van der Waals surface area contributed by atoms with E-state index in [9.17, 15) is 9.59 Å². The Morgan fingerprint density at radius 3 is 2.57 bits per heavy atom. The van der Waals surface area contributed by atoms with Gasteiger partial charge in [0.15, 0.2) is 5.65 Å². The topological polar surface area (TPSA) is 96.0 Å². The summed E-state index contributed by atoms with van der Waals surface area (Å²) in [5.41, 5.74) is -0.177. The van der Waals surface area contributed by atoms with Gasteiger partial charge in [-0.3, -0.25) is 19.2 Å². The highest BCUT2D eigenvalue weighted by atomic mass is 16.5. The molecule has 2 aromatic rings. The molecule has 2 aromatic heterocycles. The molecule has 0 bridgehead atoms. The molecule has 2 N–H and O–H groups in total. The monoisotopic (exact) mass is 293 g/mol. The summed E-state index contributed by atoms with van der Waals surface area (Å²) in [5, 5.41) is 0. The van der Waals surface area contributed by atoms with Crippen LogP contribution in [0.4, 0.5) is 0 Å². The zero-order valence-corrected chi connectivity index (χ0v) is 12.3. The average molecular weight is 293 g/mol. The predicted octanol–water partition coefficient (Wildman–Crippen LogP) is -0.441. The molecule has 2 unspecified atom stereocenters. The quantitative estimate of drug-likeness (QED) is 0.782. The maximum atomic E-state index is 11.8. The zero-order chi connectivity index (χ0) is 15.1. The molecule has 0 saturated carbocycles. The Hall–Kier alpha value is -1.93. The Kier molecular flexibility index (Phi) is 3.42.